The molecule has 16 heavy (non-hydrogen) atoms. The van der Waals surface area contributed by atoms with Crippen molar-refractivity contribution in [3.8, 4) is 0 Å². The van der Waals surface area contributed by atoms with Gasteiger partial charge in [0, 0.05) is 19.7 Å². The zero-order valence-corrected chi connectivity index (χ0v) is 11.0. The van der Waals surface area contributed by atoms with E-state index in [-0.39, 0.29) is 6.10 Å². The largest absolute Gasteiger partial charge is 0.376 e. The number of rotatable bonds is 3. The second-order valence-corrected chi connectivity index (χ2v) is 4.27. The fourth-order valence-electron chi connectivity index (χ4n) is 1.37. The molecule has 1 rings (SSSR count). The van der Waals surface area contributed by atoms with E-state index in [4.69, 9.17) is 29.2 Å². The Bertz CT molecular complexity index is 244. The van der Waals surface area contributed by atoms with E-state index in [1.165, 1.54) is 0 Å². The minimum absolute atomic E-state index is 0.278. The summed E-state index contributed by atoms with van der Waals surface area (Å²) >= 11 is 10.0. The molecule has 0 radical (unpaired) electrons. The van der Waals surface area contributed by atoms with Crippen LogP contribution in [0.5, 0.6) is 0 Å². The molecule has 1 aliphatic rings. The molecular formula is C9H18N4OS2. The minimum Gasteiger partial charge on any atom is -0.376 e. The first-order chi connectivity index (χ1) is 7.72. The zero-order valence-electron chi connectivity index (χ0n) is 9.34. The van der Waals surface area contributed by atoms with E-state index in [1.54, 1.807) is 0 Å². The summed E-state index contributed by atoms with van der Waals surface area (Å²) in [7, 11) is 0. The van der Waals surface area contributed by atoms with Gasteiger partial charge in [0.15, 0.2) is 10.2 Å². The van der Waals surface area contributed by atoms with Crippen molar-refractivity contribution >= 4 is 34.7 Å². The van der Waals surface area contributed by atoms with Crippen LogP contribution in [0.25, 0.3) is 0 Å². The van der Waals surface area contributed by atoms with Crippen LogP contribution >= 0.6 is 24.4 Å². The minimum atomic E-state index is 0.278. The average molecular weight is 262 g/mol. The van der Waals surface area contributed by atoms with E-state index >= 15 is 0 Å². The summed E-state index contributed by atoms with van der Waals surface area (Å²) in [6, 6.07) is 0. The lowest BCUT2D eigenvalue weighted by atomic mass is 10.2. The highest BCUT2D eigenvalue weighted by Gasteiger charge is 2.15. The van der Waals surface area contributed by atoms with Gasteiger partial charge < -0.3 is 15.4 Å². The fraction of sp³-hybridized carbons (Fsp3) is 0.778. The maximum atomic E-state index is 5.46. The summed E-state index contributed by atoms with van der Waals surface area (Å²) in [6.07, 6.45) is 2.51. The van der Waals surface area contributed by atoms with Gasteiger partial charge in [0.2, 0.25) is 0 Å². The Morgan fingerprint density at radius 3 is 2.50 bits per heavy atom. The van der Waals surface area contributed by atoms with Gasteiger partial charge in [-0.05, 0) is 44.2 Å². The zero-order chi connectivity index (χ0) is 11.8. The van der Waals surface area contributed by atoms with Gasteiger partial charge in [-0.25, -0.2) is 0 Å². The van der Waals surface area contributed by atoms with Crippen LogP contribution in [0.4, 0.5) is 0 Å². The Kier molecular flexibility index (Phi) is 6.36. The van der Waals surface area contributed by atoms with Crippen molar-refractivity contribution in [3.63, 3.8) is 0 Å². The van der Waals surface area contributed by atoms with Crippen molar-refractivity contribution in [1.29, 1.82) is 0 Å². The second kappa shape index (κ2) is 7.59. The summed E-state index contributed by atoms with van der Waals surface area (Å²) in [4.78, 5) is 0. The fourth-order valence-corrected chi connectivity index (χ4v) is 1.70. The first kappa shape index (κ1) is 13.4. The van der Waals surface area contributed by atoms with Crippen molar-refractivity contribution in [2.45, 2.75) is 25.9 Å². The standard InChI is InChI=1S/C9H18N4OS2/c1-2-10-8(15)12-13-9(16)11-6-7-4-3-5-14-7/h7H,2-6H2,1H3,(H2,10,12,15)(H2,11,13,16)/t7-/m0/s1. The first-order valence-corrected chi connectivity index (χ1v) is 6.23. The van der Waals surface area contributed by atoms with E-state index in [9.17, 15) is 0 Å². The molecule has 4 N–H and O–H groups in total. The molecule has 0 unspecified atom stereocenters. The maximum Gasteiger partial charge on any atom is 0.185 e. The van der Waals surface area contributed by atoms with Crippen molar-refractivity contribution in [2.75, 3.05) is 19.7 Å². The molecule has 1 heterocycles. The van der Waals surface area contributed by atoms with Crippen LogP contribution in [0, 0.1) is 0 Å². The molecule has 0 amide bonds. The summed E-state index contributed by atoms with van der Waals surface area (Å²) in [5.41, 5.74) is 5.59. The van der Waals surface area contributed by atoms with E-state index < -0.39 is 0 Å². The molecule has 0 aromatic rings. The highest BCUT2D eigenvalue weighted by Crippen LogP contribution is 2.10. The average Bonchev–Trinajstić information content (AvgIpc) is 2.77. The number of ether oxygens (including phenoxy) is 1. The number of nitrogens with one attached hydrogen (secondary N) is 4. The third kappa shape index (κ3) is 5.43. The van der Waals surface area contributed by atoms with Gasteiger partial charge in [0.05, 0.1) is 6.10 Å². The van der Waals surface area contributed by atoms with Crippen molar-refractivity contribution in [2.24, 2.45) is 0 Å². The third-order valence-corrected chi connectivity index (χ3v) is 2.63. The molecule has 1 saturated heterocycles. The van der Waals surface area contributed by atoms with Gasteiger partial charge in [0.1, 0.15) is 0 Å². The van der Waals surface area contributed by atoms with Crippen molar-refractivity contribution in [3.05, 3.63) is 0 Å². The van der Waals surface area contributed by atoms with Gasteiger partial charge in [-0.3, -0.25) is 10.9 Å². The highest BCUT2D eigenvalue weighted by molar-refractivity contribution is 7.80. The molecule has 1 atom stereocenters. The molecule has 0 saturated carbocycles. The molecule has 7 heteroatoms. The molecule has 0 aromatic heterocycles. The van der Waals surface area contributed by atoms with E-state index in [0.717, 1.165) is 32.5 Å². The predicted molar refractivity (Wildman–Crippen MR) is 72.1 cm³/mol. The quantitative estimate of drug-likeness (QED) is 0.423. The van der Waals surface area contributed by atoms with Crippen LogP contribution in [0.2, 0.25) is 0 Å². The monoisotopic (exact) mass is 262 g/mol. The van der Waals surface area contributed by atoms with Gasteiger partial charge in [-0.1, -0.05) is 0 Å². The summed E-state index contributed by atoms with van der Waals surface area (Å²) in [5, 5.41) is 7.07. The Labute approximate surface area is 107 Å². The van der Waals surface area contributed by atoms with E-state index in [2.05, 4.69) is 21.5 Å². The Balaban J connectivity index is 2.04. The van der Waals surface area contributed by atoms with Crippen LogP contribution in [0.15, 0.2) is 0 Å². The molecular weight excluding hydrogens is 244 g/mol. The Morgan fingerprint density at radius 1 is 1.25 bits per heavy atom. The Hall–Kier alpha value is -0.660. The van der Waals surface area contributed by atoms with Gasteiger partial charge in [0.25, 0.3) is 0 Å². The molecule has 5 nitrogen and oxygen atoms in total. The van der Waals surface area contributed by atoms with Gasteiger partial charge in [-0.15, -0.1) is 0 Å². The van der Waals surface area contributed by atoms with Crippen LogP contribution in [-0.4, -0.2) is 36.0 Å². The lowest BCUT2D eigenvalue weighted by molar-refractivity contribution is 0.114. The van der Waals surface area contributed by atoms with E-state index in [0.29, 0.717) is 10.2 Å². The number of hydrazine groups is 1. The molecule has 0 aromatic carbocycles. The van der Waals surface area contributed by atoms with Crippen LogP contribution in [-0.2, 0) is 4.74 Å². The third-order valence-electron chi connectivity index (χ3n) is 2.14. The molecule has 0 spiro atoms. The number of hydrogen-bond donors (Lipinski definition) is 4. The van der Waals surface area contributed by atoms with E-state index in [1.807, 2.05) is 6.92 Å². The van der Waals surface area contributed by atoms with Gasteiger partial charge in [-0.2, -0.15) is 0 Å². The number of hydrogen-bond acceptors (Lipinski definition) is 3. The maximum absolute atomic E-state index is 5.46. The van der Waals surface area contributed by atoms with Gasteiger partial charge >= 0.3 is 0 Å². The SMILES string of the molecule is CCNC(=S)NNC(=S)NC[C@@H]1CCCO1. The summed E-state index contributed by atoms with van der Waals surface area (Å²) in [5.74, 6) is 0. The first-order valence-electron chi connectivity index (χ1n) is 5.41. The summed E-state index contributed by atoms with van der Waals surface area (Å²) < 4.78 is 5.46. The second-order valence-electron chi connectivity index (χ2n) is 3.45. The predicted octanol–water partition coefficient (Wildman–Crippen LogP) is 0.0285. The molecule has 1 aliphatic heterocycles. The number of thiocarbonyl (C=S) groups is 2. The normalized spacial score (nSPS) is 18.9. The molecule has 1 fully saturated rings. The van der Waals surface area contributed by atoms with Crippen LogP contribution in [0.3, 0.4) is 0 Å². The van der Waals surface area contributed by atoms with Crippen molar-refractivity contribution < 1.29 is 4.74 Å². The lowest BCUT2D eigenvalue weighted by Crippen LogP contribution is -2.51. The lowest BCUT2D eigenvalue weighted by Gasteiger charge is -2.15. The molecule has 0 bridgehead atoms. The molecule has 92 valence electrons. The van der Waals surface area contributed by atoms with Crippen molar-refractivity contribution in [1.82, 2.24) is 21.5 Å². The Morgan fingerprint density at radius 2 is 1.94 bits per heavy atom. The molecule has 0 aliphatic carbocycles. The summed E-state index contributed by atoms with van der Waals surface area (Å²) in [6.45, 7) is 4.35. The smallest absolute Gasteiger partial charge is 0.185 e. The topological polar surface area (TPSA) is 57.3 Å². The van der Waals surface area contributed by atoms with Crippen LogP contribution in [0.1, 0.15) is 19.8 Å². The van der Waals surface area contributed by atoms with Crippen LogP contribution < -0.4 is 21.5 Å². The highest BCUT2D eigenvalue weighted by atomic mass is 32.1.